The van der Waals surface area contributed by atoms with Crippen molar-refractivity contribution in [3.63, 3.8) is 0 Å². The molecule has 2 aromatic rings. The summed E-state index contributed by atoms with van der Waals surface area (Å²) >= 11 is 1.15. The first-order chi connectivity index (χ1) is 12.9. The van der Waals surface area contributed by atoms with E-state index in [9.17, 15) is 19.8 Å². The fraction of sp³-hybridized carbons (Fsp3) is 0.300. The Kier molecular flexibility index (Phi) is 7.55. The molecule has 2 N–H and O–H groups in total. The van der Waals surface area contributed by atoms with Gasteiger partial charge in [0.15, 0.2) is 0 Å². The molecule has 0 aliphatic heterocycles. The molecule has 0 heterocycles. The number of carbonyl (C=O) groups excluding carboxylic acids is 2. The van der Waals surface area contributed by atoms with Crippen LogP contribution >= 0.6 is 11.8 Å². The van der Waals surface area contributed by atoms with Gasteiger partial charge < -0.3 is 19.7 Å². The van der Waals surface area contributed by atoms with Gasteiger partial charge in [-0.2, -0.15) is 0 Å². The molecule has 0 saturated carbocycles. The van der Waals surface area contributed by atoms with Crippen LogP contribution in [-0.2, 0) is 31.9 Å². The van der Waals surface area contributed by atoms with Crippen LogP contribution in [0.5, 0.6) is 11.5 Å². The second kappa shape index (κ2) is 9.87. The SMILES string of the molecule is CCOC(=O)Cc1ccc(O)c(Sc2cc(CC(=O)OCC)ccc2O)c1. The largest absolute Gasteiger partial charge is 0.507 e. The van der Waals surface area contributed by atoms with E-state index < -0.39 is 0 Å². The van der Waals surface area contributed by atoms with E-state index in [4.69, 9.17) is 9.47 Å². The molecule has 144 valence electrons. The average Bonchev–Trinajstić information content (AvgIpc) is 2.61. The van der Waals surface area contributed by atoms with Gasteiger partial charge in [0.05, 0.1) is 35.8 Å². The van der Waals surface area contributed by atoms with Gasteiger partial charge >= 0.3 is 11.9 Å². The highest BCUT2D eigenvalue weighted by atomic mass is 32.2. The Bertz CT molecular complexity index is 751. The van der Waals surface area contributed by atoms with Crippen molar-refractivity contribution in [3.05, 3.63) is 47.5 Å². The molecule has 6 nitrogen and oxygen atoms in total. The van der Waals surface area contributed by atoms with Crippen LogP contribution < -0.4 is 0 Å². The smallest absolute Gasteiger partial charge is 0.310 e. The van der Waals surface area contributed by atoms with Crippen LogP contribution in [0.3, 0.4) is 0 Å². The topological polar surface area (TPSA) is 93.1 Å². The van der Waals surface area contributed by atoms with E-state index in [1.807, 2.05) is 0 Å². The van der Waals surface area contributed by atoms with Crippen molar-refractivity contribution in [2.24, 2.45) is 0 Å². The lowest BCUT2D eigenvalue weighted by atomic mass is 10.1. The zero-order valence-electron chi connectivity index (χ0n) is 15.2. The highest BCUT2D eigenvalue weighted by Gasteiger charge is 2.13. The van der Waals surface area contributed by atoms with Crippen LogP contribution in [0, 0.1) is 0 Å². The van der Waals surface area contributed by atoms with Gasteiger partial charge in [-0.15, -0.1) is 0 Å². The fourth-order valence-corrected chi connectivity index (χ4v) is 3.38. The first-order valence-electron chi connectivity index (χ1n) is 8.55. The Morgan fingerprint density at radius 3 is 1.59 bits per heavy atom. The van der Waals surface area contributed by atoms with Crippen LogP contribution in [0.1, 0.15) is 25.0 Å². The lowest BCUT2D eigenvalue weighted by molar-refractivity contribution is -0.143. The molecular weight excluding hydrogens is 368 g/mol. The number of phenolic OH excluding ortho intramolecular Hbond substituents is 2. The number of rotatable bonds is 8. The normalized spacial score (nSPS) is 10.4. The van der Waals surface area contributed by atoms with E-state index in [2.05, 4.69) is 0 Å². The highest BCUT2D eigenvalue weighted by Crippen LogP contribution is 2.39. The molecule has 0 fully saturated rings. The third-order valence-electron chi connectivity index (χ3n) is 3.58. The van der Waals surface area contributed by atoms with Gasteiger partial charge in [0.25, 0.3) is 0 Å². The van der Waals surface area contributed by atoms with Crippen LogP contribution in [0.4, 0.5) is 0 Å². The van der Waals surface area contributed by atoms with E-state index in [1.165, 1.54) is 12.1 Å². The molecule has 0 atom stereocenters. The Morgan fingerprint density at radius 2 is 1.22 bits per heavy atom. The summed E-state index contributed by atoms with van der Waals surface area (Å²) < 4.78 is 9.87. The van der Waals surface area contributed by atoms with Crippen molar-refractivity contribution in [1.29, 1.82) is 0 Å². The minimum Gasteiger partial charge on any atom is -0.507 e. The standard InChI is InChI=1S/C20H22O6S/c1-3-25-19(23)11-13-5-7-15(21)17(9-13)27-18-10-14(6-8-16(18)22)12-20(24)26-4-2/h5-10,21-22H,3-4,11-12H2,1-2H3. The Morgan fingerprint density at radius 1 is 0.815 bits per heavy atom. The molecule has 0 spiro atoms. The van der Waals surface area contributed by atoms with Gasteiger partial charge in [0, 0.05) is 0 Å². The number of esters is 2. The summed E-state index contributed by atoms with van der Waals surface area (Å²) in [5.41, 5.74) is 1.38. The fourth-order valence-electron chi connectivity index (χ4n) is 2.38. The molecule has 7 heteroatoms. The summed E-state index contributed by atoms with van der Waals surface area (Å²) in [5.74, 6) is -0.637. The Hall–Kier alpha value is -2.67. The first-order valence-corrected chi connectivity index (χ1v) is 9.37. The van der Waals surface area contributed by atoms with Crippen LogP contribution in [0.25, 0.3) is 0 Å². The predicted octanol–water partition coefficient (Wildman–Crippen LogP) is 3.46. The van der Waals surface area contributed by atoms with E-state index in [0.717, 1.165) is 11.8 Å². The van der Waals surface area contributed by atoms with E-state index in [-0.39, 0.29) is 36.3 Å². The van der Waals surface area contributed by atoms with Crippen molar-refractivity contribution in [1.82, 2.24) is 0 Å². The molecule has 0 aliphatic rings. The van der Waals surface area contributed by atoms with Crippen LogP contribution in [0.15, 0.2) is 46.2 Å². The minimum absolute atomic E-state index is 0.0304. The predicted molar refractivity (Wildman–Crippen MR) is 101 cm³/mol. The van der Waals surface area contributed by atoms with E-state index >= 15 is 0 Å². The number of benzene rings is 2. The van der Waals surface area contributed by atoms with Gasteiger partial charge in [0.1, 0.15) is 11.5 Å². The number of phenols is 2. The molecule has 0 aliphatic carbocycles. The third kappa shape index (κ3) is 6.21. The molecular formula is C20H22O6S. The molecule has 0 unspecified atom stereocenters. The van der Waals surface area contributed by atoms with E-state index in [1.54, 1.807) is 38.1 Å². The molecule has 0 amide bonds. The zero-order valence-corrected chi connectivity index (χ0v) is 16.0. The summed E-state index contributed by atoms with van der Waals surface area (Å²) in [4.78, 5) is 24.3. The lowest BCUT2D eigenvalue weighted by Gasteiger charge is -2.10. The molecule has 0 aromatic heterocycles. The highest BCUT2D eigenvalue weighted by molar-refractivity contribution is 7.99. The maximum atomic E-state index is 11.6. The van der Waals surface area contributed by atoms with Crippen LogP contribution in [0.2, 0.25) is 0 Å². The zero-order chi connectivity index (χ0) is 19.8. The monoisotopic (exact) mass is 390 g/mol. The van der Waals surface area contributed by atoms with Gasteiger partial charge in [0.2, 0.25) is 0 Å². The molecule has 0 bridgehead atoms. The van der Waals surface area contributed by atoms with Crippen molar-refractivity contribution in [2.75, 3.05) is 13.2 Å². The number of ether oxygens (including phenoxy) is 2. The molecule has 2 aromatic carbocycles. The second-order valence-electron chi connectivity index (χ2n) is 5.67. The summed E-state index contributed by atoms with van der Waals surface area (Å²) in [6.07, 6.45) is 0.188. The number of hydrogen-bond acceptors (Lipinski definition) is 7. The third-order valence-corrected chi connectivity index (χ3v) is 4.67. The van der Waals surface area contributed by atoms with Crippen molar-refractivity contribution < 1.29 is 29.3 Å². The molecule has 2 rings (SSSR count). The molecule has 27 heavy (non-hydrogen) atoms. The van der Waals surface area contributed by atoms with Crippen molar-refractivity contribution in [2.45, 2.75) is 36.5 Å². The number of carbonyl (C=O) groups is 2. The van der Waals surface area contributed by atoms with Gasteiger partial charge in [-0.25, -0.2) is 0 Å². The van der Waals surface area contributed by atoms with E-state index in [0.29, 0.717) is 34.1 Å². The first kappa shape index (κ1) is 20.6. The second-order valence-corrected chi connectivity index (χ2v) is 6.75. The summed E-state index contributed by atoms with van der Waals surface area (Å²) in [6, 6.07) is 9.64. The summed E-state index contributed by atoms with van der Waals surface area (Å²) in [6.45, 7) is 4.09. The lowest BCUT2D eigenvalue weighted by Crippen LogP contribution is -2.07. The Balaban J connectivity index is 2.20. The quantitative estimate of drug-likeness (QED) is 0.667. The maximum absolute atomic E-state index is 11.6. The summed E-state index contributed by atoms with van der Waals surface area (Å²) in [5, 5.41) is 20.2. The van der Waals surface area contributed by atoms with Gasteiger partial charge in [-0.05, 0) is 49.2 Å². The average molecular weight is 390 g/mol. The summed E-state index contributed by atoms with van der Waals surface area (Å²) in [7, 11) is 0. The number of hydrogen-bond donors (Lipinski definition) is 2. The van der Waals surface area contributed by atoms with Crippen molar-refractivity contribution >= 4 is 23.7 Å². The number of aromatic hydroxyl groups is 2. The van der Waals surface area contributed by atoms with Gasteiger partial charge in [-0.1, -0.05) is 23.9 Å². The van der Waals surface area contributed by atoms with Crippen LogP contribution in [-0.4, -0.2) is 35.4 Å². The molecule has 0 saturated heterocycles. The maximum Gasteiger partial charge on any atom is 0.310 e. The van der Waals surface area contributed by atoms with Gasteiger partial charge in [-0.3, -0.25) is 9.59 Å². The minimum atomic E-state index is -0.349. The van der Waals surface area contributed by atoms with Crippen molar-refractivity contribution in [3.8, 4) is 11.5 Å². The Labute approximate surface area is 162 Å². The molecule has 0 radical (unpaired) electrons.